The predicted octanol–water partition coefficient (Wildman–Crippen LogP) is 18.4. The number of ether oxygens (including phenoxy) is 1. The van der Waals surface area contributed by atoms with Crippen LogP contribution in [0.25, 0.3) is 0 Å². The standard InChI is InChI=1S/C63H115N3O7PS2/c1-13-19-21-23-25-27-29-31-33-35-37-42-48-65(49-43-38-36-34-32-30-28-26-24-22-20-14-2)57(67)46-47-60(7,55-64)62(15-3,16-4)54-61(8,63(17-5,18-6)76-58(75)56-44-40-39-41-45-56)59(68)71-52-53-73-74(69,70-12)72-51-50-66(9,10)11/h39-41,44-45H,13-38,42-43,46-54H2,1-12H3/q+1. The van der Waals surface area contributed by atoms with E-state index < -0.39 is 34.8 Å². The van der Waals surface area contributed by atoms with Crippen LogP contribution in [-0.4, -0.2) is 97.9 Å². The molecule has 0 spiro atoms. The van der Waals surface area contributed by atoms with Gasteiger partial charge in [0.2, 0.25) is 5.91 Å². The number of nitriles is 1. The Hall–Kier alpha value is -1.84. The van der Waals surface area contributed by atoms with Gasteiger partial charge in [-0.05, 0) is 76.2 Å². The van der Waals surface area contributed by atoms with Crippen molar-refractivity contribution in [1.29, 1.82) is 5.26 Å². The Morgan fingerprint density at radius 1 is 0.658 bits per heavy atom. The molecule has 3 atom stereocenters. The maximum absolute atomic E-state index is 15.2. The zero-order valence-corrected chi connectivity index (χ0v) is 53.5. The molecule has 0 fully saturated rings. The molecule has 0 saturated heterocycles. The fourth-order valence-electron chi connectivity index (χ4n) is 11.3. The number of carbonyl (C=O) groups is 2. The first kappa shape index (κ1) is 72.2. The predicted molar refractivity (Wildman–Crippen MR) is 327 cm³/mol. The van der Waals surface area contributed by atoms with Crippen LogP contribution in [0.3, 0.4) is 0 Å². The van der Waals surface area contributed by atoms with Crippen LogP contribution < -0.4 is 0 Å². The van der Waals surface area contributed by atoms with E-state index in [4.69, 9.17) is 30.5 Å². The van der Waals surface area contributed by atoms with Crippen LogP contribution in [0.15, 0.2) is 30.3 Å². The quantitative estimate of drug-likeness (QED) is 0.0205. The van der Waals surface area contributed by atoms with E-state index in [1.165, 1.54) is 136 Å². The average molecular weight is 1120 g/mol. The van der Waals surface area contributed by atoms with Gasteiger partial charge < -0.3 is 14.1 Å². The number of nitrogens with zero attached hydrogens (tertiary/aromatic N) is 3. The van der Waals surface area contributed by atoms with Crippen molar-refractivity contribution in [1.82, 2.24) is 4.90 Å². The maximum Gasteiger partial charge on any atom is 0.474 e. The molecule has 1 amide bonds. The van der Waals surface area contributed by atoms with E-state index >= 15 is 4.79 Å². The molecule has 10 nitrogen and oxygen atoms in total. The van der Waals surface area contributed by atoms with Crippen LogP contribution in [0.1, 0.15) is 260 Å². The van der Waals surface area contributed by atoms with Gasteiger partial charge in [-0.15, -0.1) is 11.8 Å². The van der Waals surface area contributed by atoms with Crippen LogP contribution in [-0.2, 0) is 32.5 Å². The number of phosphoric acid groups is 1. The number of hydrogen-bond donors (Lipinski definition) is 0. The molecular formula is C63H115N3O7PS2+. The first-order chi connectivity index (χ1) is 36.3. The number of phosphoric ester groups is 1. The Morgan fingerprint density at radius 2 is 1.09 bits per heavy atom. The number of unbranched alkanes of at least 4 members (excludes halogenated alkanes) is 22. The minimum Gasteiger partial charge on any atom is -0.463 e. The molecule has 0 radical (unpaired) electrons. The number of thioether (sulfide) groups is 1. The van der Waals surface area contributed by atoms with Gasteiger partial charge in [0.25, 0.3) is 0 Å². The summed E-state index contributed by atoms with van der Waals surface area (Å²) in [4.78, 5) is 31.9. The zero-order chi connectivity index (χ0) is 56.8. The summed E-state index contributed by atoms with van der Waals surface area (Å²) >= 11 is 7.71. The number of hydrogen-bond acceptors (Lipinski definition) is 10. The molecule has 1 aromatic carbocycles. The van der Waals surface area contributed by atoms with E-state index in [2.05, 4.69) is 52.5 Å². The van der Waals surface area contributed by atoms with Crippen LogP contribution in [0.4, 0.5) is 0 Å². The van der Waals surface area contributed by atoms with Gasteiger partial charge in [-0.2, -0.15) is 5.26 Å². The Labute approximate surface area is 477 Å². The van der Waals surface area contributed by atoms with Crippen molar-refractivity contribution in [3.05, 3.63) is 35.9 Å². The number of esters is 1. The molecule has 0 saturated carbocycles. The molecule has 76 heavy (non-hydrogen) atoms. The fraction of sp³-hybridized carbons (Fsp3) is 0.841. The molecule has 1 rings (SSSR count). The normalized spacial score (nSPS) is 14.6. The summed E-state index contributed by atoms with van der Waals surface area (Å²) in [5.74, 6) is -0.300. The SMILES string of the molecule is CCCCCCCCCCCCCCN(CCCCCCCCCCCCCC)C(=O)CCC(C)(C#N)C(CC)(CC)CC(C)(C(=O)OCCOP(=O)(OC)OCC[N+](C)(C)C)C(CC)(CC)SC(=S)c1ccccc1. The second-order valence-corrected chi connectivity index (χ2v) is 27.3. The molecule has 3 unspecified atom stereocenters. The van der Waals surface area contributed by atoms with E-state index in [0.29, 0.717) is 53.7 Å². The third kappa shape index (κ3) is 26.6. The van der Waals surface area contributed by atoms with E-state index in [0.717, 1.165) is 44.3 Å². The lowest BCUT2D eigenvalue weighted by molar-refractivity contribution is -0.870. The summed E-state index contributed by atoms with van der Waals surface area (Å²) in [5.41, 5.74) is -1.90. The number of rotatable bonds is 49. The smallest absolute Gasteiger partial charge is 0.463 e. The van der Waals surface area contributed by atoms with Crippen molar-refractivity contribution in [2.24, 2.45) is 16.2 Å². The van der Waals surface area contributed by atoms with Crippen LogP contribution in [0.5, 0.6) is 0 Å². The molecule has 440 valence electrons. The lowest BCUT2D eigenvalue weighted by atomic mass is 9.52. The molecule has 0 heterocycles. The van der Waals surface area contributed by atoms with E-state index in [9.17, 15) is 14.6 Å². The fourth-order valence-corrected chi connectivity index (χ4v) is 14.1. The number of carbonyl (C=O) groups excluding carboxylic acids is 2. The Kier molecular flexibility index (Phi) is 38.3. The summed E-state index contributed by atoms with van der Waals surface area (Å²) < 4.78 is 36.6. The van der Waals surface area contributed by atoms with Crippen molar-refractivity contribution < 1.29 is 36.9 Å². The number of amides is 1. The van der Waals surface area contributed by atoms with E-state index in [-0.39, 0.29) is 32.1 Å². The van der Waals surface area contributed by atoms with Gasteiger partial charge in [0.15, 0.2) is 0 Å². The van der Waals surface area contributed by atoms with Gasteiger partial charge in [0.05, 0.1) is 48.8 Å². The first-order valence-corrected chi connectivity index (χ1v) is 33.4. The largest absolute Gasteiger partial charge is 0.474 e. The third-order valence-electron chi connectivity index (χ3n) is 16.9. The Bertz CT molecular complexity index is 1750. The molecule has 0 aliphatic rings. The first-order valence-electron chi connectivity index (χ1n) is 30.7. The monoisotopic (exact) mass is 1120 g/mol. The van der Waals surface area contributed by atoms with E-state index in [1.807, 2.05) is 65.3 Å². The van der Waals surface area contributed by atoms with Crippen molar-refractivity contribution in [3.63, 3.8) is 0 Å². The van der Waals surface area contributed by atoms with Gasteiger partial charge in [-0.25, -0.2) is 4.57 Å². The van der Waals surface area contributed by atoms with Gasteiger partial charge >= 0.3 is 13.8 Å². The summed E-state index contributed by atoms with van der Waals surface area (Å²) in [6.45, 7) is 18.9. The van der Waals surface area contributed by atoms with Crippen molar-refractivity contribution >= 4 is 47.9 Å². The second-order valence-electron chi connectivity index (χ2n) is 23.5. The van der Waals surface area contributed by atoms with Crippen molar-refractivity contribution in [3.8, 4) is 6.07 Å². The molecular weight excluding hydrogens is 1010 g/mol. The highest BCUT2D eigenvalue weighted by Gasteiger charge is 2.59. The average Bonchev–Trinajstić information content (AvgIpc) is 3.41. The van der Waals surface area contributed by atoms with Gasteiger partial charge in [0, 0.05) is 31.4 Å². The van der Waals surface area contributed by atoms with Crippen LogP contribution >= 0.6 is 31.8 Å². The maximum atomic E-state index is 15.2. The minimum absolute atomic E-state index is 0.130. The minimum atomic E-state index is -3.90. The number of likely N-dealkylation sites (N-methyl/N-ethyl adjacent to an activating group) is 1. The molecule has 0 aliphatic heterocycles. The van der Waals surface area contributed by atoms with Crippen LogP contribution in [0, 0.1) is 27.6 Å². The Morgan fingerprint density at radius 3 is 1.49 bits per heavy atom. The highest BCUT2D eigenvalue weighted by atomic mass is 32.2. The molecule has 0 N–H and O–H groups in total. The van der Waals surface area contributed by atoms with Crippen molar-refractivity contribution in [2.75, 3.05) is 67.7 Å². The molecule has 0 aromatic heterocycles. The zero-order valence-electron chi connectivity index (χ0n) is 51.0. The molecule has 13 heteroatoms. The van der Waals surface area contributed by atoms with Gasteiger partial charge in [-0.3, -0.25) is 23.2 Å². The highest BCUT2D eigenvalue weighted by molar-refractivity contribution is 8.24. The highest BCUT2D eigenvalue weighted by Crippen LogP contribution is 2.61. The lowest BCUT2D eigenvalue weighted by Gasteiger charge is -2.54. The summed E-state index contributed by atoms with van der Waals surface area (Å²) in [7, 11) is 3.41. The second kappa shape index (κ2) is 40.4. The van der Waals surface area contributed by atoms with Gasteiger partial charge in [0.1, 0.15) is 19.8 Å². The summed E-state index contributed by atoms with van der Waals surface area (Å²) in [6.07, 6.45) is 34.0. The summed E-state index contributed by atoms with van der Waals surface area (Å²) in [6, 6.07) is 12.7. The topological polar surface area (TPSA) is 115 Å². The molecule has 0 aliphatic carbocycles. The molecule has 0 bridgehead atoms. The van der Waals surface area contributed by atoms with Crippen LogP contribution in [0.2, 0.25) is 0 Å². The number of benzene rings is 1. The summed E-state index contributed by atoms with van der Waals surface area (Å²) in [5, 5.41) is 11.4. The van der Waals surface area contributed by atoms with Gasteiger partial charge in [-0.1, -0.05) is 225 Å². The Balaban J connectivity index is 3.41. The molecule has 1 aromatic rings. The van der Waals surface area contributed by atoms with E-state index in [1.54, 1.807) is 11.8 Å². The van der Waals surface area contributed by atoms with Crippen molar-refractivity contribution in [2.45, 2.75) is 259 Å². The lowest BCUT2D eigenvalue weighted by Crippen LogP contribution is -2.55. The number of quaternary nitrogens is 1. The number of thiocarbonyl (C=S) groups is 1. The third-order valence-corrected chi connectivity index (χ3v) is 20.7.